The van der Waals surface area contributed by atoms with Crippen molar-refractivity contribution < 1.29 is 4.79 Å². The molecule has 1 aromatic heterocycles. The van der Waals surface area contributed by atoms with E-state index < -0.39 is 0 Å². The maximum Gasteiger partial charge on any atom is 0.257 e. The highest BCUT2D eigenvalue weighted by Crippen LogP contribution is 2.25. The molecule has 1 aliphatic rings. The fraction of sp³-hybridized carbons (Fsp3) is 0.294. The van der Waals surface area contributed by atoms with Crippen molar-refractivity contribution in [2.24, 2.45) is 0 Å². The Hall–Kier alpha value is -1.82. The highest BCUT2D eigenvalue weighted by atomic mass is 35.5. The maximum absolute atomic E-state index is 12.3. The fourth-order valence-electron chi connectivity index (χ4n) is 2.52. The van der Waals surface area contributed by atoms with E-state index in [1.165, 1.54) is 0 Å². The zero-order chi connectivity index (χ0) is 17.1. The standard InChI is InChI=1S/C17H18Cl2N4O/c1-22-6-8-23(9-7-22)16-5-2-12(11-20-16)17(24)21-13-3-4-14(18)15(19)10-13/h2-5,10-11H,6-9H2,1H3,(H,21,24). The van der Waals surface area contributed by atoms with Crippen LogP contribution in [-0.2, 0) is 0 Å². The second-order valence-electron chi connectivity index (χ2n) is 5.78. The number of hydrogen-bond acceptors (Lipinski definition) is 4. The number of amides is 1. The number of piperazine rings is 1. The van der Waals surface area contributed by atoms with Gasteiger partial charge < -0.3 is 15.1 Å². The fourth-order valence-corrected chi connectivity index (χ4v) is 2.82. The zero-order valence-electron chi connectivity index (χ0n) is 13.3. The molecule has 0 spiro atoms. The van der Waals surface area contributed by atoms with Gasteiger partial charge in [-0.05, 0) is 37.4 Å². The van der Waals surface area contributed by atoms with E-state index in [1.807, 2.05) is 6.07 Å². The molecular weight excluding hydrogens is 347 g/mol. The largest absolute Gasteiger partial charge is 0.354 e. The van der Waals surface area contributed by atoms with Crippen LogP contribution < -0.4 is 10.2 Å². The first kappa shape index (κ1) is 17.0. The third-order valence-electron chi connectivity index (χ3n) is 4.01. The second-order valence-corrected chi connectivity index (χ2v) is 6.59. The highest BCUT2D eigenvalue weighted by molar-refractivity contribution is 6.42. The van der Waals surface area contributed by atoms with Gasteiger partial charge in [0.1, 0.15) is 5.82 Å². The van der Waals surface area contributed by atoms with Crippen LogP contribution in [-0.4, -0.2) is 49.0 Å². The Kier molecular flexibility index (Phi) is 5.23. The number of rotatable bonds is 3. The number of likely N-dealkylation sites (N-methyl/N-ethyl adjacent to an activating group) is 1. The number of nitrogens with one attached hydrogen (secondary N) is 1. The summed E-state index contributed by atoms with van der Waals surface area (Å²) in [4.78, 5) is 21.2. The van der Waals surface area contributed by atoms with Crippen LogP contribution in [0, 0.1) is 0 Å². The van der Waals surface area contributed by atoms with E-state index in [1.54, 1.807) is 30.5 Å². The van der Waals surface area contributed by atoms with E-state index in [-0.39, 0.29) is 5.91 Å². The second kappa shape index (κ2) is 7.38. The van der Waals surface area contributed by atoms with Crippen molar-refractivity contribution >= 4 is 40.6 Å². The van der Waals surface area contributed by atoms with Crippen molar-refractivity contribution in [3.63, 3.8) is 0 Å². The first-order chi connectivity index (χ1) is 11.5. The summed E-state index contributed by atoms with van der Waals surface area (Å²) in [6.45, 7) is 3.92. The molecule has 7 heteroatoms. The molecule has 1 aliphatic heterocycles. The molecule has 24 heavy (non-hydrogen) atoms. The lowest BCUT2D eigenvalue weighted by molar-refractivity contribution is 0.102. The highest BCUT2D eigenvalue weighted by Gasteiger charge is 2.16. The van der Waals surface area contributed by atoms with Crippen molar-refractivity contribution in [1.82, 2.24) is 9.88 Å². The SMILES string of the molecule is CN1CCN(c2ccc(C(=O)Nc3ccc(Cl)c(Cl)c3)cn2)CC1. The van der Waals surface area contributed by atoms with Crippen LogP contribution in [0.4, 0.5) is 11.5 Å². The van der Waals surface area contributed by atoms with Crippen LogP contribution in [0.1, 0.15) is 10.4 Å². The summed E-state index contributed by atoms with van der Waals surface area (Å²) in [5.41, 5.74) is 1.09. The van der Waals surface area contributed by atoms with Crippen molar-refractivity contribution in [3.8, 4) is 0 Å². The molecular formula is C17H18Cl2N4O. The summed E-state index contributed by atoms with van der Waals surface area (Å²) in [5.74, 6) is 0.667. The first-order valence-electron chi connectivity index (χ1n) is 7.69. The summed E-state index contributed by atoms with van der Waals surface area (Å²) >= 11 is 11.8. The summed E-state index contributed by atoms with van der Waals surface area (Å²) in [7, 11) is 2.11. The minimum atomic E-state index is -0.231. The molecule has 0 saturated carbocycles. The first-order valence-corrected chi connectivity index (χ1v) is 8.44. The van der Waals surface area contributed by atoms with Gasteiger partial charge in [0, 0.05) is 38.1 Å². The number of halogens is 2. The van der Waals surface area contributed by atoms with Gasteiger partial charge in [-0.2, -0.15) is 0 Å². The number of carbonyl (C=O) groups is 1. The number of pyridine rings is 1. The van der Waals surface area contributed by atoms with Crippen LogP contribution in [0.3, 0.4) is 0 Å². The number of hydrogen-bond donors (Lipinski definition) is 1. The molecule has 0 unspecified atom stereocenters. The summed E-state index contributed by atoms with van der Waals surface area (Å²) < 4.78 is 0. The van der Waals surface area contributed by atoms with E-state index in [9.17, 15) is 4.79 Å². The zero-order valence-corrected chi connectivity index (χ0v) is 14.8. The molecule has 2 heterocycles. The number of carbonyl (C=O) groups excluding carboxylic acids is 1. The Balaban J connectivity index is 1.66. The van der Waals surface area contributed by atoms with Crippen LogP contribution in [0.25, 0.3) is 0 Å². The molecule has 0 radical (unpaired) electrons. The molecule has 1 fully saturated rings. The third-order valence-corrected chi connectivity index (χ3v) is 4.75. The Morgan fingerprint density at radius 1 is 1.08 bits per heavy atom. The number of nitrogens with zero attached hydrogens (tertiary/aromatic N) is 3. The average molecular weight is 365 g/mol. The Labute approximate surface area is 151 Å². The van der Waals surface area contributed by atoms with Crippen LogP contribution in [0.5, 0.6) is 0 Å². The Morgan fingerprint density at radius 3 is 2.46 bits per heavy atom. The lowest BCUT2D eigenvalue weighted by atomic mass is 10.2. The van der Waals surface area contributed by atoms with E-state index >= 15 is 0 Å². The molecule has 1 saturated heterocycles. The van der Waals surface area contributed by atoms with Crippen molar-refractivity contribution in [2.45, 2.75) is 0 Å². The molecule has 3 rings (SSSR count). The lowest BCUT2D eigenvalue weighted by Crippen LogP contribution is -2.44. The minimum Gasteiger partial charge on any atom is -0.354 e. The molecule has 1 aromatic carbocycles. The summed E-state index contributed by atoms with van der Waals surface area (Å²) in [6, 6.07) is 8.64. The molecule has 2 aromatic rings. The quantitative estimate of drug-likeness (QED) is 0.906. The minimum absolute atomic E-state index is 0.231. The lowest BCUT2D eigenvalue weighted by Gasteiger charge is -2.33. The number of benzene rings is 1. The van der Waals surface area contributed by atoms with E-state index in [0.29, 0.717) is 21.3 Å². The van der Waals surface area contributed by atoms with Crippen LogP contribution in [0.2, 0.25) is 10.0 Å². The van der Waals surface area contributed by atoms with Crippen LogP contribution >= 0.6 is 23.2 Å². The van der Waals surface area contributed by atoms with Gasteiger partial charge in [0.15, 0.2) is 0 Å². The summed E-state index contributed by atoms with van der Waals surface area (Å²) in [5, 5.41) is 3.64. The molecule has 5 nitrogen and oxygen atoms in total. The molecule has 0 aliphatic carbocycles. The summed E-state index contributed by atoms with van der Waals surface area (Å²) in [6.07, 6.45) is 1.60. The van der Waals surface area contributed by atoms with Crippen molar-refractivity contribution in [3.05, 3.63) is 52.1 Å². The normalized spacial score (nSPS) is 15.4. The van der Waals surface area contributed by atoms with Gasteiger partial charge in [-0.1, -0.05) is 23.2 Å². The predicted molar refractivity (Wildman–Crippen MR) is 98.4 cm³/mol. The van der Waals surface area contributed by atoms with Gasteiger partial charge in [-0.3, -0.25) is 4.79 Å². The van der Waals surface area contributed by atoms with Gasteiger partial charge in [0.25, 0.3) is 5.91 Å². The van der Waals surface area contributed by atoms with Gasteiger partial charge in [-0.25, -0.2) is 4.98 Å². The Morgan fingerprint density at radius 2 is 1.83 bits per heavy atom. The molecule has 126 valence electrons. The number of aromatic nitrogens is 1. The van der Waals surface area contributed by atoms with E-state index in [0.717, 1.165) is 32.0 Å². The van der Waals surface area contributed by atoms with E-state index in [4.69, 9.17) is 23.2 Å². The molecule has 0 bridgehead atoms. The third kappa shape index (κ3) is 3.98. The molecule has 1 amide bonds. The molecule has 1 N–H and O–H groups in total. The topological polar surface area (TPSA) is 48.5 Å². The van der Waals surface area contributed by atoms with Gasteiger partial charge in [0.2, 0.25) is 0 Å². The van der Waals surface area contributed by atoms with Crippen molar-refractivity contribution in [1.29, 1.82) is 0 Å². The monoisotopic (exact) mass is 364 g/mol. The number of anilines is 2. The maximum atomic E-state index is 12.3. The van der Waals surface area contributed by atoms with Gasteiger partial charge in [-0.15, -0.1) is 0 Å². The van der Waals surface area contributed by atoms with E-state index in [2.05, 4.69) is 27.1 Å². The van der Waals surface area contributed by atoms with Crippen molar-refractivity contribution in [2.75, 3.05) is 43.4 Å². The van der Waals surface area contributed by atoms with Gasteiger partial charge in [0.05, 0.1) is 15.6 Å². The van der Waals surface area contributed by atoms with Crippen LogP contribution in [0.15, 0.2) is 36.5 Å². The van der Waals surface area contributed by atoms with Gasteiger partial charge >= 0.3 is 0 Å². The predicted octanol–water partition coefficient (Wildman–Crippen LogP) is 3.39. The Bertz CT molecular complexity index is 728. The average Bonchev–Trinajstić information content (AvgIpc) is 2.59. The smallest absolute Gasteiger partial charge is 0.257 e. The molecule has 0 atom stereocenters.